The Morgan fingerprint density at radius 2 is 0.929 bits per heavy atom. The second-order valence-electron chi connectivity index (χ2n) is 3.83. The monoisotopic (exact) mass is 234 g/mol. The molecule has 1 heterocycles. The predicted octanol–water partition coefficient (Wildman–Crippen LogP) is 1.33. The molecular weight excluding hydrogens is 212 g/mol. The van der Waals surface area contributed by atoms with Crippen LogP contribution in [0, 0.1) is 0 Å². The molecule has 4 heteroatoms. The molecule has 1 fully saturated rings. The van der Waals surface area contributed by atoms with Crippen molar-refractivity contribution >= 4 is 23.5 Å². The number of thioether (sulfide) groups is 2. The third-order valence-corrected chi connectivity index (χ3v) is 4.35. The summed E-state index contributed by atoms with van der Waals surface area (Å²) < 4.78 is 0. The minimum Gasteiger partial charge on any atom is -0.305 e. The van der Waals surface area contributed by atoms with E-state index in [-0.39, 0.29) is 0 Å². The summed E-state index contributed by atoms with van der Waals surface area (Å²) in [6.45, 7) is 4.98. The van der Waals surface area contributed by atoms with Crippen LogP contribution in [0.5, 0.6) is 0 Å². The van der Waals surface area contributed by atoms with Crippen molar-refractivity contribution in [3.05, 3.63) is 0 Å². The van der Waals surface area contributed by atoms with Crippen LogP contribution in [0.2, 0.25) is 0 Å². The van der Waals surface area contributed by atoms with E-state index in [0.29, 0.717) is 0 Å². The summed E-state index contributed by atoms with van der Waals surface area (Å²) in [5.41, 5.74) is 0. The highest BCUT2D eigenvalue weighted by Crippen LogP contribution is 2.06. The minimum absolute atomic E-state index is 1.24. The molecule has 0 aromatic carbocycles. The van der Waals surface area contributed by atoms with Crippen molar-refractivity contribution < 1.29 is 0 Å². The lowest BCUT2D eigenvalue weighted by Gasteiger charge is -2.20. The third kappa shape index (κ3) is 6.17. The Kier molecular flexibility index (Phi) is 7.12. The molecule has 0 unspecified atom stereocenters. The van der Waals surface area contributed by atoms with Gasteiger partial charge in [0.1, 0.15) is 0 Å². The molecule has 0 aromatic heterocycles. The van der Waals surface area contributed by atoms with E-state index in [0.717, 1.165) is 0 Å². The van der Waals surface area contributed by atoms with Crippen molar-refractivity contribution in [2.24, 2.45) is 0 Å². The summed E-state index contributed by atoms with van der Waals surface area (Å²) >= 11 is 4.17. The maximum atomic E-state index is 2.45. The fraction of sp³-hybridized carbons (Fsp3) is 1.00. The predicted molar refractivity (Wildman–Crippen MR) is 69.6 cm³/mol. The minimum atomic E-state index is 1.24. The van der Waals surface area contributed by atoms with Crippen molar-refractivity contribution in [2.45, 2.75) is 0 Å². The first kappa shape index (κ1) is 12.7. The van der Waals surface area contributed by atoms with Gasteiger partial charge in [0.2, 0.25) is 0 Å². The molecule has 0 aliphatic carbocycles. The third-order valence-electron chi connectivity index (χ3n) is 2.47. The Labute approximate surface area is 96.8 Å². The molecule has 14 heavy (non-hydrogen) atoms. The van der Waals surface area contributed by atoms with E-state index in [9.17, 15) is 0 Å². The van der Waals surface area contributed by atoms with Gasteiger partial charge in [-0.15, -0.1) is 0 Å². The smallest absolute Gasteiger partial charge is 0.00696 e. The molecule has 1 aliphatic heterocycles. The summed E-state index contributed by atoms with van der Waals surface area (Å²) in [6.07, 6.45) is 0. The van der Waals surface area contributed by atoms with Crippen LogP contribution in [0.4, 0.5) is 0 Å². The Balaban J connectivity index is 2.19. The molecule has 1 rings (SSSR count). The van der Waals surface area contributed by atoms with Crippen LogP contribution in [-0.4, -0.2) is 73.1 Å². The van der Waals surface area contributed by atoms with Gasteiger partial charge in [-0.2, -0.15) is 23.5 Å². The molecular formula is C10H22N2S2. The van der Waals surface area contributed by atoms with Crippen molar-refractivity contribution in [3.8, 4) is 0 Å². The second kappa shape index (κ2) is 7.85. The average Bonchev–Trinajstić information content (AvgIpc) is 2.14. The van der Waals surface area contributed by atoms with E-state index >= 15 is 0 Å². The molecule has 1 aliphatic rings. The lowest BCUT2D eigenvalue weighted by molar-refractivity contribution is 0.372. The molecule has 0 saturated carbocycles. The zero-order chi connectivity index (χ0) is 10.2. The first-order valence-corrected chi connectivity index (χ1v) is 7.62. The maximum Gasteiger partial charge on any atom is 0.00696 e. The lowest BCUT2D eigenvalue weighted by Crippen LogP contribution is -2.28. The van der Waals surface area contributed by atoms with Gasteiger partial charge in [-0.25, -0.2) is 0 Å². The molecule has 0 atom stereocenters. The molecule has 0 bridgehead atoms. The van der Waals surface area contributed by atoms with Crippen LogP contribution >= 0.6 is 23.5 Å². The van der Waals surface area contributed by atoms with Crippen molar-refractivity contribution in [2.75, 3.05) is 63.3 Å². The standard InChI is InChI=1S/C10H22N2S2/c1-11-3-7-13-9-5-12(2)6-10-14-8-4-11/h3-10H2,1-2H3. The van der Waals surface area contributed by atoms with Crippen molar-refractivity contribution in [1.82, 2.24) is 9.80 Å². The highest BCUT2D eigenvalue weighted by Gasteiger charge is 2.03. The summed E-state index contributed by atoms with van der Waals surface area (Å²) in [5, 5.41) is 0. The first-order chi connectivity index (χ1) is 6.79. The van der Waals surface area contributed by atoms with Gasteiger partial charge in [0.25, 0.3) is 0 Å². The average molecular weight is 234 g/mol. The van der Waals surface area contributed by atoms with Crippen LogP contribution in [0.1, 0.15) is 0 Å². The molecule has 0 spiro atoms. The van der Waals surface area contributed by atoms with E-state index in [4.69, 9.17) is 0 Å². The summed E-state index contributed by atoms with van der Waals surface area (Å²) in [6, 6.07) is 0. The SMILES string of the molecule is CN1CCSCCN(C)CCSCC1. The van der Waals surface area contributed by atoms with Crippen LogP contribution in [0.25, 0.3) is 0 Å². The Morgan fingerprint density at radius 3 is 1.21 bits per heavy atom. The summed E-state index contributed by atoms with van der Waals surface area (Å²) in [7, 11) is 4.47. The fourth-order valence-corrected chi connectivity index (χ4v) is 3.48. The fourth-order valence-electron chi connectivity index (χ4n) is 1.31. The molecule has 0 N–H and O–H groups in total. The highest BCUT2D eigenvalue weighted by atomic mass is 32.2. The molecule has 0 amide bonds. The van der Waals surface area contributed by atoms with Crippen molar-refractivity contribution in [1.29, 1.82) is 0 Å². The van der Waals surface area contributed by atoms with Gasteiger partial charge in [-0.05, 0) is 14.1 Å². The Bertz CT molecular complexity index is 116. The van der Waals surface area contributed by atoms with Crippen LogP contribution in [-0.2, 0) is 0 Å². The Hall–Kier alpha value is 0.620. The zero-order valence-electron chi connectivity index (χ0n) is 9.37. The van der Waals surface area contributed by atoms with Crippen LogP contribution in [0.3, 0.4) is 0 Å². The van der Waals surface area contributed by atoms with E-state index in [1.165, 1.54) is 49.2 Å². The van der Waals surface area contributed by atoms with Gasteiger partial charge >= 0.3 is 0 Å². The van der Waals surface area contributed by atoms with Gasteiger partial charge in [0.05, 0.1) is 0 Å². The topological polar surface area (TPSA) is 6.48 Å². The number of hydrogen-bond donors (Lipinski definition) is 0. The van der Waals surface area contributed by atoms with Crippen molar-refractivity contribution in [3.63, 3.8) is 0 Å². The van der Waals surface area contributed by atoms with E-state index in [1.54, 1.807) is 0 Å². The molecule has 2 nitrogen and oxygen atoms in total. The summed E-state index contributed by atoms with van der Waals surface area (Å²) in [4.78, 5) is 4.90. The Morgan fingerprint density at radius 1 is 0.643 bits per heavy atom. The van der Waals surface area contributed by atoms with E-state index < -0.39 is 0 Å². The molecule has 0 radical (unpaired) electrons. The normalized spacial score (nSPS) is 25.3. The van der Waals surface area contributed by atoms with Gasteiger partial charge in [0.15, 0.2) is 0 Å². The largest absolute Gasteiger partial charge is 0.305 e. The number of hydrogen-bond acceptors (Lipinski definition) is 4. The van der Waals surface area contributed by atoms with Gasteiger partial charge in [-0.1, -0.05) is 0 Å². The van der Waals surface area contributed by atoms with E-state index in [2.05, 4.69) is 47.4 Å². The first-order valence-electron chi connectivity index (χ1n) is 5.31. The molecule has 84 valence electrons. The highest BCUT2D eigenvalue weighted by molar-refractivity contribution is 7.99. The molecule has 0 aromatic rings. The van der Waals surface area contributed by atoms with Crippen LogP contribution in [0.15, 0.2) is 0 Å². The zero-order valence-corrected chi connectivity index (χ0v) is 11.0. The van der Waals surface area contributed by atoms with Gasteiger partial charge < -0.3 is 9.80 Å². The lowest BCUT2D eigenvalue weighted by atomic mass is 10.6. The number of rotatable bonds is 0. The maximum absolute atomic E-state index is 2.45. The van der Waals surface area contributed by atoms with Gasteiger partial charge in [-0.3, -0.25) is 0 Å². The van der Waals surface area contributed by atoms with Gasteiger partial charge in [0, 0.05) is 49.2 Å². The quantitative estimate of drug-likeness (QED) is 0.623. The van der Waals surface area contributed by atoms with Crippen LogP contribution < -0.4 is 0 Å². The molecule has 1 saturated heterocycles. The second-order valence-corrected chi connectivity index (χ2v) is 6.28. The summed E-state index contributed by atoms with van der Waals surface area (Å²) in [5.74, 6) is 5.15. The number of nitrogens with zero attached hydrogens (tertiary/aromatic N) is 2. The van der Waals surface area contributed by atoms with E-state index in [1.807, 2.05) is 0 Å².